The lowest BCUT2D eigenvalue weighted by atomic mass is 10.2. The molecule has 3 rings (SSSR count). The Morgan fingerprint density at radius 2 is 2.06 bits per heavy atom. The molecule has 1 aromatic carbocycles. The molecule has 4 nitrogen and oxygen atoms in total. The van der Waals surface area contributed by atoms with Gasteiger partial charge in [-0.1, -0.05) is 12.1 Å². The second-order valence-corrected chi connectivity index (χ2v) is 5.01. The van der Waals surface area contributed by atoms with Gasteiger partial charge in [0.15, 0.2) is 0 Å². The number of benzene rings is 1. The zero-order chi connectivity index (χ0) is 11.7. The van der Waals surface area contributed by atoms with Gasteiger partial charge in [-0.3, -0.25) is 0 Å². The largest absolute Gasteiger partial charge is 0.330 e. The highest BCUT2D eigenvalue weighted by Crippen LogP contribution is 2.39. The molecule has 1 fully saturated rings. The summed E-state index contributed by atoms with van der Waals surface area (Å²) in [7, 11) is 0. The topological polar surface area (TPSA) is 63.8 Å². The van der Waals surface area contributed by atoms with Crippen molar-refractivity contribution in [1.82, 2.24) is 9.36 Å². The van der Waals surface area contributed by atoms with Crippen molar-refractivity contribution in [1.29, 1.82) is 0 Å². The number of nitrogens with two attached hydrogens (primary N) is 1. The highest BCUT2D eigenvalue weighted by atomic mass is 32.1. The van der Waals surface area contributed by atoms with Crippen molar-refractivity contribution in [2.75, 3.05) is 5.32 Å². The molecule has 88 valence electrons. The lowest BCUT2D eigenvalue weighted by Gasteiger charge is -2.02. The summed E-state index contributed by atoms with van der Waals surface area (Å²) in [6.45, 7) is 0.574. The number of hydrogen-bond acceptors (Lipinski definition) is 5. The minimum absolute atomic E-state index is 0.574. The summed E-state index contributed by atoms with van der Waals surface area (Å²) in [4.78, 5) is 4.48. The average Bonchev–Trinajstić information content (AvgIpc) is 3.12. The fourth-order valence-corrected chi connectivity index (χ4v) is 2.31. The lowest BCUT2D eigenvalue weighted by Crippen LogP contribution is -1.96. The van der Waals surface area contributed by atoms with Crippen LogP contribution in [0.5, 0.6) is 0 Å². The summed E-state index contributed by atoms with van der Waals surface area (Å²) in [6.07, 6.45) is 2.47. The SMILES string of the molecule is NCc1ccc(Nc2nc(C3CC3)ns2)cc1. The van der Waals surface area contributed by atoms with E-state index in [0.717, 1.165) is 22.2 Å². The summed E-state index contributed by atoms with van der Waals surface area (Å²) in [5, 5.41) is 4.13. The van der Waals surface area contributed by atoms with Crippen LogP contribution in [0.15, 0.2) is 24.3 Å². The Morgan fingerprint density at radius 1 is 1.29 bits per heavy atom. The first kappa shape index (κ1) is 10.7. The Bertz CT molecular complexity index is 501. The Hall–Kier alpha value is -1.46. The quantitative estimate of drug-likeness (QED) is 0.870. The van der Waals surface area contributed by atoms with Crippen molar-refractivity contribution >= 4 is 22.4 Å². The van der Waals surface area contributed by atoms with Gasteiger partial charge in [-0.05, 0) is 30.5 Å². The van der Waals surface area contributed by atoms with E-state index in [-0.39, 0.29) is 0 Å². The van der Waals surface area contributed by atoms with Crippen LogP contribution in [-0.4, -0.2) is 9.36 Å². The van der Waals surface area contributed by atoms with Gasteiger partial charge >= 0.3 is 0 Å². The average molecular weight is 246 g/mol. The molecule has 1 aliphatic rings. The molecule has 0 saturated heterocycles. The fourth-order valence-electron chi connectivity index (χ4n) is 1.64. The maximum Gasteiger partial charge on any atom is 0.207 e. The molecule has 0 amide bonds. The molecule has 1 aliphatic carbocycles. The molecule has 0 radical (unpaired) electrons. The lowest BCUT2D eigenvalue weighted by molar-refractivity contribution is 0.987. The van der Waals surface area contributed by atoms with E-state index < -0.39 is 0 Å². The maximum absolute atomic E-state index is 5.56. The number of nitrogens with zero attached hydrogens (tertiary/aromatic N) is 2. The molecular formula is C12H14N4S. The zero-order valence-electron chi connectivity index (χ0n) is 9.39. The summed E-state index contributed by atoms with van der Waals surface area (Å²) in [5.41, 5.74) is 7.71. The third-order valence-electron chi connectivity index (χ3n) is 2.83. The van der Waals surface area contributed by atoms with Gasteiger partial charge in [0.05, 0.1) is 0 Å². The van der Waals surface area contributed by atoms with E-state index >= 15 is 0 Å². The Labute approximate surface area is 104 Å². The van der Waals surface area contributed by atoms with Crippen molar-refractivity contribution in [3.8, 4) is 0 Å². The second kappa shape index (κ2) is 4.43. The summed E-state index contributed by atoms with van der Waals surface area (Å²) < 4.78 is 4.36. The van der Waals surface area contributed by atoms with Gasteiger partial charge in [-0.25, -0.2) is 4.98 Å². The van der Waals surface area contributed by atoms with Crippen LogP contribution >= 0.6 is 11.5 Å². The number of rotatable bonds is 4. The molecule has 1 heterocycles. The molecule has 0 spiro atoms. The third-order valence-corrected chi connectivity index (χ3v) is 3.47. The van der Waals surface area contributed by atoms with Crippen molar-refractivity contribution in [2.24, 2.45) is 5.73 Å². The van der Waals surface area contributed by atoms with Crippen molar-refractivity contribution in [3.05, 3.63) is 35.7 Å². The van der Waals surface area contributed by atoms with Crippen LogP contribution in [0.25, 0.3) is 0 Å². The molecule has 5 heteroatoms. The summed E-state index contributed by atoms with van der Waals surface area (Å²) in [6, 6.07) is 8.07. The van der Waals surface area contributed by atoms with E-state index in [9.17, 15) is 0 Å². The van der Waals surface area contributed by atoms with E-state index in [4.69, 9.17) is 5.73 Å². The minimum atomic E-state index is 0.574. The molecule has 0 bridgehead atoms. The zero-order valence-corrected chi connectivity index (χ0v) is 10.2. The predicted molar refractivity (Wildman–Crippen MR) is 69.5 cm³/mol. The van der Waals surface area contributed by atoms with Crippen molar-refractivity contribution in [3.63, 3.8) is 0 Å². The van der Waals surface area contributed by atoms with Gasteiger partial charge in [0.2, 0.25) is 5.13 Å². The first-order valence-electron chi connectivity index (χ1n) is 5.75. The molecule has 0 atom stereocenters. The fraction of sp³-hybridized carbons (Fsp3) is 0.333. The van der Waals surface area contributed by atoms with E-state index in [2.05, 4.69) is 14.7 Å². The van der Waals surface area contributed by atoms with E-state index in [1.54, 1.807) is 0 Å². The van der Waals surface area contributed by atoms with Crippen LogP contribution in [0, 0.1) is 0 Å². The molecule has 0 unspecified atom stereocenters. The standard InChI is InChI=1S/C12H14N4S/c13-7-8-1-5-10(6-2-8)14-12-15-11(16-17-12)9-3-4-9/h1-2,5-6,9H,3-4,7,13H2,(H,14,15,16). The highest BCUT2D eigenvalue weighted by molar-refractivity contribution is 7.09. The smallest absolute Gasteiger partial charge is 0.207 e. The summed E-state index contributed by atoms with van der Waals surface area (Å²) in [5.74, 6) is 1.61. The molecular weight excluding hydrogens is 232 g/mol. The van der Waals surface area contributed by atoms with Gasteiger partial charge in [0, 0.05) is 29.7 Å². The molecule has 3 N–H and O–H groups in total. The van der Waals surface area contributed by atoms with Gasteiger partial charge in [-0.2, -0.15) is 4.37 Å². The third kappa shape index (κ3) is 2.45. The number of hydrogen-bond donors (Lipinski definition) is 2. The number of nitrogens with one attached hydrogen (secondary N) is 1. The highest BCUT2D eigenvalue weighted by Gasteiger charge is 2.27. The Morgan fingerprint density at radius 3 is 2.71 bits per heavy atom. The van der Waals surface area contributed by atoms with Crippen LogP contribution in [0.3, 0.4) is 0 Å². The Balaban J connectivity index is 1.71. The molecule has 0 aliphatic heterocycles. The molecule has 1 saturated carbocycles. The van der Waals surface area contributed by atoms with Crippen LogP contribution in [-0.2, 0) is 6.54 Å². The first-order chi connectivity index (χ1) is 8.35. The van der Waals surface area contributed by atoms with E-state index in [1.807, 2.05) is 24.3 Å². The van der Waals surface area contributed by atoms with Crippen molar-refractivity contribution in [2.45, 2.75) is 25.3 Å². The van der Waals surface area contributed by atoms with Gasteiger partial charge < -0.3 is 11.1 Å². The summed E-state index contributed by atoms with van der Waals surface area (Å²) >= 11 is 1.43. The second-order valence-electron chi connectivity index (χ2n) is 4.26. The number of anilines is 2. The monoisotopic (exact) mass is 246 g/mol. The first-order valence-corrected chi connectivity index (χ1v) is 6.52. The van der Waals surface area contributed by atoms with Crippen LogP contribution in [0.1, 0.15) is 30.1 Å². The van der Waals surface area contributed by atoms with Crippen LogP contribution in [0.2, 0.25) is 0 Å². The Kier molecular flexibility index (Phi) is 2.78. The van der Waals surface area contributed by atoms with Gasteiger partial charge in [-0.15, -0.1) is 0 Å². The molecule has 1 aromatic heterocycles. The predicted octanol–water partition coefficient (Wildman–Crippen LogP) is 2.62. The minimum Gasteiger partial charge on any atom is -0.330 e. The van der Waals surface area contributed by atoms with E-state index in [0.29, 0.717) is 12.5 Å². The van der Waals surface area contributed by atoms with Crippen LogP contribution in [0.4, 0.5) is 10.8 Å². The molecule has 17 heavy (non-hydrogen) atoms. The molecule has 2 aromatic rings. The normalized spacial score (nSPS) is 14.9. The van der Waals surface area contributed by atoms with Gasteiger partial charge in [0.25, 0.3) is 0 Å². The maximum atomic E-state index is 5.56. The van der Waals surface area contributed by atoms with Gasteiger partial charge in [0.1, 0.15) is 5.82 Å². The number of aromatic nitrogens is 2. The van der Waals surface area contributed by atoms with Crippen LogP contribution < -0.4 is 11.1 Å². The van der Waals surface area contributed by atoms with E-state index in [1.165, 1.54) is 24.4 Å². The van der Waals surface area contributed by atoms with Crippen molar-refractivity contribution < 1.29 is 0 Å².